The number of quaternary nitrogens is 1. The molecule has 6 nitrogen and oxygen atoms in total. The average Bonchev–Trinajstić information content (AvgIpc) is 3.15. The number of thiazole rings is 1. The van der Waals surface area contributed by atoms with Crippen LogP contribution in [0.3, 0.4) is 0 Å². The van der Waals surface area contributed by atoms with Crippen molar-refractivity contribution < 1.29 is 14.4 Å². The molecule has 2 aromatic heterocycles. The number of ether oxygens (including phenoxy) is 2. The zero-order chi connectivity index (χ0) is 15.8. The van der Waals surface area contributed by atoms with Crippen LogP contribution < -0.4 is 19.9 Å². The van der Waals surface area contributed by atoms with Crippen molar-refractivity contribution in [3.63, 3.8) is 0 Å². The molecule has 0 saturated carbocycles. The zero-order valence-electron chi connectivity index (χ0n) is 12.6. The third-order valence-corrected chi connectivity index (χ3v) is 4.54. The third-order valence-electron chi connectivity index (χ3n) is 3.78. The standard InChI is InChI=1S/C16H15N3O3S/c1-18(8-11-2-3-13-14(6-11)22-10-21-13)9-12-7-15(20)19-4-5-23-16(19)17-12/h2-7H,8-10H2,1H3/p+1. The molecular formula is C16H16N3O3S+. The summed E-state index contributed by atoms with van der Waals surface area (Å²) in [6, 6.07) is 7.61. The highest BCUT2D eigenvalue weighted by Crippen LogP contribution is 2.32. The molecule has 3 heterocycles. The van der Waals surface area contributed by atoms with E-state index in [4.69, 9.17) is 9.47 Å². The van der Waals surface area contributed by atoms with Gasteiger partial charge in [0.05, 0.1) is 7.05 Å². The Morgan fingerprint density at radius 3 is 3.04 bits per heavy atom. The largest absolute Gasteiger partial charge is 0.454 e. The smallest absolute Gasteiger partial charge is 0.258 e. The van der Waals surface area contributed by atoms with Crippen LogP contribution in [-0.4, -0.2) is 23.2 Å². The number of hydrogen-bond donors (Lipinski definition) is 1. The minimum absolute atomic E-state index is 0.0258. The molecule has 0 saturated heterocycles. The Labute approximate surface area is 136 Å². The third kappa shape index (κ3) is 2.80. The summed E-state index contributed by atoms with van der Waals surface area (Å²) in [7, 11) is 2.09. The van der Waals surface area contributed by atoms with Crippen LogP contribution in [0.15, 0.2) is 40.6 Å². The predicted octanol–water partition coefficient (Wildman–Crippen LogP) is 0.700. The van der Waals surface area contributed by atoms with E-state index in [0.29, 0.717) is 6.54 Å². The summed E-state index contributed by atoms with van der Waals surface area (Å²) in [5.74, 6) is 1.59. The van der Waals surface area contributed by atoms with Crippen molar-refractivity contribution in [3.05, 3.63) is 57.5 Å². The fourth-order valence-electron chi connectivity index (χ4n) is 2.75. The minimum atomic E-state index is -0.0258. The Balaban J connectivity index is 1.50. The molecule has 0 amide bonds. The van der Waals surface area contributed by atoms with Crippen LogP contribution in [0.2, 0.25) is 0 Å². The molecule has 1 aliphatic heterocycles. The van der Waals surface area contributed by atoms with Crippen molar-refractivity contribution in [2.75, 3.05) is 13.8 Å². The lowest BCUT2D eigenvalue weighted by atomic mass is 10.2. The van der Waals surface area contributed by atoms with Crippen molar-refractivity contribution in [2.24, 2.45) is 0 Å². The van der Waals surface area contributed by atoms with Gasteiger partial charge in [0.1, 0.15) is 18.8 Å². The molecule has 1 aromatic carbocycles. The van der Waals surface area contributed by atoms with Gasteiger partial charge < -0.3 is 14.4 Å². The van der Waals surface area contributed by atoms with Crippen LogP contribution in [0.25, 0.3) is 4.96 Å². The van der Waals surface area contributed by atoms with E-state index in [2.05, 4.69) is 12.0 Å². The van der Waals surface area contributed by atoms with E-state index in [-0.39, 0.29) is 12.4 Å². The van der Waals surface area contributed by atoms with E-state index in [1.165, 1.54) is 21.8 Å². The van der Waals surface area contributed by atoms with Crippen LogP contribution >= 0.6 is 11.3 Å². The lowest BCUT2D eigenvalue weighted by Crippen LogP contribution is -3.06. The van der Waals surface area contributed by atoms with Gasteiger partial charge in [0.15, 0.2) is 16.5 Å². The predicted molar refractivity (Wildman–Crippen MR) is 86.2 cm³/mol. The van der Waals surface area contributed by atoms with Gasteiger partial charge in [-0.2, -0.15) is 0 Å². The minimum Gasteiger partial charge on any atom is -0.454 e. The molecule has 4 rings (SSSR count). The Hall–Kier alpha value is -2.38. The first-order valence-electron chi connectivity index (χ1n) is 7.35. The lowest BCUT2D eigenvalue weighted by Gasteiger charge is -2.14. The van der Waals surface area contributed by atoms with Crippen LogP contribution in [0.4, 0.5) is 0 Å². The Bertz CT molecular complexity index is 918. The molecule has 0 spiro atoms. The van der Waals surface area contributed by atoms with Crippen LogP contribution in [0, 0.1) is 0 Å². The highest BCUT2D eigenvalue weighted by Gasteiger charge is 2.15. The summed E-state index contributed by atoms with van der Waals surface area (Å²) in [6.07, 6.45) is 1.75. The molecule has 0 bridgehead atoms. The first-order chi connectivity index (χ1) is 11.2. The van der Waals surface area contributed by atoms with Gasteiger partial charge in [0.2, 0.25) is 6.79 Å². The van der Waals surface area contributed by atoms with Crippen molar-refractivity contribution in [2.45, 2.75) is 13.1 Å². The van der Waals surface area contributed by atoms with Gasteiger partial charge in [-0.25, -0.2) is 4.98 Å². The highest BCUT2D eigenvalue weighted by atomic mass is 32.1. The Kier molecular flexibility index (Phi) is 3.51. The maximum atomic E-state index is 12.0. The molecule has 1 unspecified atom stereocenters. The Morgan fingerprint density at radius 1 is 1.26 bits per heavy atom. The maximum absolute atomic E-state index is 12.0. The molecule has 7 heteroatoms. The van der Waals surface area contributed by atoms with Gasteiger partial charge in [-0.05, 0) is 18.2 Å². The second-order valence-corrected chi connectivity index (χ2v) is 6.51. The molecule has 1 aliphatic rings. The molecule has 0 aliphatic carbocycles. The van der Waals surface area contributed by atoms with Crippen molar-refractivity contribution in [1.29, 1.82) is 0 Å². The molecule has 118 valence electrons. The summed E-state index contributed by atoms with van der Waals surface area (Å²) in [6.45, 7) is 1.80. The van der Waals surface area contributed by atoms with Crippen LogP contribution in [0.5, 0.6) is 11.5 Å². The number of fused-ring (bicyclic) bond motifs is 2. The molecule has 3 aromatic rings. The maximum Gasteiger partial charge on any atom is 0.258 e. The average molecular weight is 330 g/mol. The zero-order valence-corrected chi connectivity index (χ0v) is 13.4. The molecular weight excluding hydrogens is 314 g/mol. The molecule has 0 radical (unpaired) electrons. The van der Waals surface area contributed by atoms with E-state index in [1.54, 1.807) is 16.7 Å². The van der Waals surface area contributed by atoms with Gasteiger partial charge in [-0.1, -0.05) is 0 Å². The van der Waals surface area contributed by atoms with Crippen molar-refractivity contribution in [3.8, 4) is 11.5 Å². The summed E-state index contributed by atoms with van der Waals surface area (Å²) in [5.41, 5.74) is 1.96. The fraction of sp³-hybridized carbons (Fsp3) is 0.250. The summed E-state index contributed by atoms with van der Waals surface area (Å²) < 4.78 is 12.3. The number of aromatic nitrogens is 2. The van der Waals surface area contributed by atoms with Gasteiger partial charge in [0.25, 0.3) is 5.56 Å². The molecule has 0 fully saturated rings. The number of nitrogens with one attached hydrogen (secondary N) is 1. The molecule has 1 N–H and O–H groups in total. The van der Waals surface area contributed by atoms with Gasteiger partial charge in [-0.15, -0.1) is 11.3 Å². The topological polar surface area (TPSA) is 57.3 Å². The van der Waals surface area contributed by atoms with E-state index in [9.17, 15) is 4.79 Å². The summed E-state index contributed by atoms with van der Waals surface area (Å²) in [4.78, 5) is 18.6. The normalized spacial score (nSPS) is 14.3. The van der Waals surface area contributed by atoms with Crippen LogP contribution in [0.1, 0.15) is 11.3 Å². The summed E-state index contributed by atoms with van der Waals surface area (Å²) >= 11 is 1.47. The highest BCUT2D eigenvalue weighted by molar-refractivity contribution is 7.15. The number of nitrogens with zero attached hydrogens (tertiary/aromatic N) is 2. The number of rotatable bonds is 4. The van der Waals surface area contributed by atoms with E-state index < -0.39 is 0 Å². The fourth-order valence-corrected chi connectivity index (χ4v) is 3.49. The summed E-state index contributed by atoms with van der Waals surface area (Å²) in [5, 5.41) is 1.87. The van der Waals surface area contributed by atoms with E-state index in [1.807, 2.05) is 23.6 Å². The van der Waals surface area contributed by atoms with E-state index in [0.717, 1.165) is 28.7 Å². The van der Waals surface area contributed by atoms with E-state index >= 15 is 0 Å². The monoisotopic (exact) mass is 330 g/mol. The Morgan fingerprint density at radius 2 is 2.13 bits per heavy atom. The van der Waals surface area contributed by atoms with Gasteiger partial charge >= 0.3 is 0 Å². The van der Waals surface area contributed by atoms with Gasteiger partial charge in [-0.3, -0.25) is 9.20 Å². The number of benzene rings is 1. The molecule has 1 atom stereocenters. The van der Waals surface area contributed by atoms with Gasteiger partial charge in [0, 0.05) is 23.2 Å². The second kappa shape index (κ2) is 5.68. The van der Waals surface area contributed by atoms with Crippen molar-refractivity contribution >= 4 is 16.3 Å². The van der Waals surface area contributed by atoms with Crippen LogP contribution in [-0.2, 0) is 13.1 Å². The quantitative estimate of drug-likeness (QED) is 0.765. The van der Waals surface area contributed by atoms with Crippen molar-refractivity contribution in [1.82, 2.24) is 9.38 Å². The lowest BCUT2D eigenvalue weighted by molar-refractivity contribution is -0.908. The molecule has 23 heavy (non-hydrogen) atoms. The second-order valence-electron chi connectivity index (χ2n) is 5.64. The SMILES string of the molecule is C[NH+](Cc1ccc2c(c1)OCO2)Cc1cc(=O)n2ccsc2n1. The first kappa shape index (κ1) is 14.2. The number of hydrogen-bond acceptors (Lipinski definition) is 5. The first-order valence-corrected chi connectivity index (χ1v) is 8.22.